The van der Waals surface area contributed by atoms with Crippen LogP contribution in [-0.4, -0.2) is 17.6 Å². The molecule has 122 valence electrons. The van der Waals surface area contributed by atoms with Crippen molar-refractivity contribution < 1.29 is 9.53 Å². The monoisotopic (exact) mass is 385 g/mol. The van der Waals surface area contributed by atoms with E-state index in [0.717, 1.165) is 26.5 Å². The van der Waals surface area contributed by atoms with Crippen LogP contribution < -0.4 is 5.56 Å². The maximum atomic E-state index is 12.4. The van der Waals surface area contributed by atoms with Crippen molar-refractivity contribution in [1.82, 2.24) is 4.98 Å². The Kier molecular flexibility index (Phi) is 4.81. The summed E-state index contributed by atoms with van der Waals surface area (Å²) in [5.74, 6) is -0.272. The first-order valence-corrected chi connectivity index (χ1v) is 8.43. The van der Waals surface area contributed by atoms with Crippen molar-refractivity contribution in [2.24, 2.45) is 0 Å². The van der Waals surface area contributed by atoms with Crippen LogP contribution in [0, 0.1) is 0 Å². The van der Waals surface area contributed by atoms with E-state index in [0.29, 0.717) is 12.2 Å². The Morgan fingerprint density at radius 3 is 2.79 bits per heavy atom. The van der Waals surface area contributed by atoms with Gasteiger partial charge in [0, 0.05) is 15.6 Å². The molecule has 0 spiro atoms. The summed E-state index contributed by atoms with van der Waals surface area (Å²) in [6.07, 6.45) is 0.193. The van der Waals surface area contributed by atoms with Gasteiger partial charge in [-0.1, -0.05) is 40.2 Å². The summed E-state index contributed by atoms with van der Waals surface area (Å²) in [7, 11) is 0. The molecule has 4 nitrogen and oxygen atoms in total. The van der Waals surface area contributed by atoms with E-state index in [2.05, 4.69) is 20.9 Å². The smallest absolute Gasteiger partial charge is 0.310 e. The van der Waals surface area contributed by atoms with E-state index in [4.69, 9.17) is 4.74 Å². The highest BCUT2D eigenvalue weighted by Crippen LogP contribution is 2.23. The lowest BCUT2D eigenvalue weighted by Crippen LogP contribution is -2.10. The molecule has 0 radical (unpaired) electrons. The van der Waals surface area contributed by atoms with Gasteiger partial charge < -0.3 is 9.72 Å². The largest absolute Gasteiger partial charge is 0.466 e. The maximum Gasteiger partial charge on any atom is 0.310 e. The highest BCUT2D eigenvalue weighted by atomic mass is 79.9. The number of nitrogens with one attached hydrogen (secondary N) is 1. The van der Waals surface area contributed by atoms with Crippen molar-refractivity contribution >= 4 is 32.8 Å². The molecule has 0 aliphatic rings. The standard InChI is InChI=1S/C19H16BrNO3/c1-2-24-18(22)9-12-4-3-5-13(8-12)16-11-14-10-15(20)6-7-17(14)21-19(16)23/h3-8,10-11H,2,9H2,1H3,(H,21,23). The Morgan fingerprint density at radius 2 is 2.00 bits per heavy atom. The third-order valence-corrected chi connectivity index (χ3v) is 4.19. The molecule has 0 aliphatic carbocycles. The summed E-state index contributed by atoms with van der Waals surface area (Å²) in [4.78, 5) is 26.9. The predicted molar refractivity (Wildman–Crippen MR) is 98.0 cm³/mol. The summed E-state index contributed by atoms with van der Waals surface area (Å²) in [6.45, 7) is 2.14. The molecule has 24 heavy (non-hydrogen) atoms. The van der Waals surface area contributed by atoms with Crippen LogP contribution >= 0.6 is 15.9 Å². The number of benzene rings is 2. The molecule has 0 fully saturated rings. The highest BCUT2D eigenvalue weighted by molar-refractivity contribution is 9.10. The number of hydrogen-bond acceptors (Lipinski definition) is 3. The average Bonchev–Trinajstić information content (AvgIpc) is 2.55. The predicted octanol–water partition coefficient (Wildman–Crippen LogP) is 4.06. The normalized spacial score (nSPS) is 10.8. The number of aromatic amines is 1. The number of esters is 1. The number of fused-ring (bicyclic) bond motifs is 1. The lowest BCUT2D eigenvalue weighted by molar-refractivity contribution is -0.142. The van der Waals surface area contributed by atoms with E-state index in [1.165, 1.54) is 0 Å². The Labute approximate surface area is 147 Å². The van der Waals surface area contributed by atoms with E-state index < -0.39 is 0 Å². The first kappa shape index (κ1) is 16.5. The molecular formula is C19H16BrNO3. The van der Waals surface area contributed by atoms with Gasteiger partial charge in [-0.15, -0.1) is 0 Å². The third kappa shape index (κ3) is 3.57. The van der Waals surface area contributed by atoms with Crippen LogP contribution in [0.3, 0.4) is 0 Å². The summed E-state index contributed by atoms with van der Waals surface area (Å²) in [6, 6.07) is 15.0. The molecule has 2 aromatic carbocycles. The molecule has 0 bridgehead atoms. The van der Waals surface area contributed by atoms with Gasteiger partial charge in [0.2, 0.25) is 0 Å². The summed E-state index contributed by atoms with van der Waals surface area (Å²) >= 11 is 3.44. The van der Waals surface area contributed by atoms with Crippen molar-refractivity contribution in [2.75, 3.05) is 6.61 Å². The molecule has 0 unspecified atom stereocenters. The molecule has 3 aromatic rings. The van der Waals surface area contributed by atoms with Gasteiger partial charge in [0.05, 0.1) is 13.0 Å². The molecule has 5 heteroatoms. The number of carbonyl (C=O) groups is 1. The quantitative estimate of drug-likeness (QED) is 0.688. The molecule has 1 N–H and O–H groups in total. The lowest BCUT2D eigenvalue weighted by Gasteiger charge is -2.07. The number of carbonyl (C=O) groups excluding carboxylic acids is 1. The summed E-state index contributed by atoms with van der Waals surface area (Å²) in [5.41, 5.74) is 2.80. The Morgan fingerprint density at radius 1 is 1.17 bits per heavy atom. The Bertz CT molecular complexity index is 962. The minimum Gasteiger partial charge on any atom is -0.466 e. The van der Waals surface area contributed by atoms with E-state index in [9.17, 15) is 9.59 Å². The van der Waals surface area contributed by atoms with Gasteiger partial charge in [0.1, 0.15) is 0 Å². The van der Waals surface area contributed by atoms with Crippen LogP contribution in [0.4, 0.5) is 0 Å². The zero-order valence-corrected chi connectivity index (χ0v) is 14.7. The number of pyridine rings is 1. The van der Waals surface area contributed by atoms with Gasteiger partial charge in [-0.05, 0) is 47.7 Å². The Balaban J connectivity index is 2.02. The fraction of sp³-hybridized carbons (Fsp3) is 0.158. The number of ether oxygens (including phenoxy) is 1. The number of halogens is 1. The Hall–Kier alpha value is -2.40. The number of hydrogen-bond donors (Lipinski definition) is 1. The van der Waals surface area contributed by atoms with Crippen LogP contribution in [0.25, 0.3) is 22.0 Å². The van der Waals surface area contributed by atoms with Crippen molar-refractivity contribution in [1.29, 1.82) is 0 Å². The molecule has 3 rings (SSSR count). The van der Waals surface area contributed by atoms with Crippen LogP contribution in [0.5, 0.6) is 0 Å². The molecule has 1 aromatic heterocycles. The zero-order valence-electron chi connectivity index (χ0n) is 13.1. The van der Waals surface area contributed by atoms with Gasteiger partial charge in [-0.3, -0.25) is 9.59 Å². The highest BCUT2D eigenvalue weighted by Gasteiger charge is 2.09. The first-order chi connectivity index (χ1) is 11.6. The van der Waals surface area contributed by atoms with Gasteiger partial charge in [-0.2, -0.15) is 0 Å². The minimum absolute atomic E-state index is 0.155. The van der Waals surface area contributed by atoms with Crippen molar-refractivity contribution in [3.8, 4) is 11.1 Å². The zero-order chi connectivity index (χ0) is 17.1. The second kappa shape index (κ2) is 7.01. The summed E-state index contributed by atoms with van der Waals surface area (Å²) in [5, 5.41) is 0.940. The first-order valence-electron chi connectivity index (χ1n) is 7.64. The van der Waals surface area contributed by atoms with E-state index >= 15 is 0 Å². The maximum absolute atomic E-state index is 12.4. The van der Waals surface area contributed by atoms with E-state index in [1.807, 2.05) is 48.5 Å². The fourth-order valence-corrected chi connectivity index (χ4v) is 3.00. The van der Waals surface area contributed by atoms with Gasteiger partial charge in [0.15, 0.2) is 0 Å². The number of aromatic nitrogens is 1. The number of H-pyrrole nitrogens is 1. The molecule has 0 saturated carbocycles. The summed E-state index contributed by atoms with van der Waals surface area (Å²) < 4.78 is 5.92. The molecule has 0 aliphatic heterocycles. The van der Waals surface area contributed by atoms with Crippen molar-refractivity contribution in [2.45, 2.75) is 13.3 Å². The van der Waals surface area contributed by atoms with Gasteiger partial charge in [0.25, 0.3) is 5.56 Å². The van der Waals surface area contributed by atoms with Crippen molar-refractivity contribution in [3.05, 3.63) is 68.9 Å². The third-order valence-electron chi connectivity index (χ3n) is 3.70. The average molecular weight is 386 g/mol. The van der Waals surface area contributed by atoms with Crippen LogP contribution in [0.1, 0.15) is 12.5 Å². The molecule has 0 saturated heterocycles. The minimum atomic E-state index is -0.272. The number of rotatable bonds is 4. The second-order valence-electron chi connectivity index (χ2n) is 5.43. The fourth-order valence-electron chi connectivity index (χ4n) is 2.62. The van der Waals surface area contributed by atoms with Crippen LogP contribution in [0.2, 0.25) is 0 Å². The van der Waals surface area contributed by atoms with E-state index in [-0.39, 0.29) is 17.9 Å². The second-order valence-corrected chi connectivity index (χ2v) is 6.34. The van der Waals surface area contributed by atoms with Crippen LogP contribution in [-0.2, 0) is 16.0 Å². The van der Waals surface area contributed by atoms with Gasteiger partial charge in [-0.25, -0.2) is 0 Å². The molecule has 0 atom stereocenters. The lowest BCUT2D eigenvalue weighted by atomic mass is 10.0. The van der Waals surface area contributed by atoms with Crippen molar-refractivity contribution in [3.63, 3.8) is 0 Å². The molecule has 1 heterocycles. The topological polar surface area (TPSA) is 59.2 Å². The SMILES string of the molecule is CCOC(=O)Cc1cccc(-c2cc3cc(Br)ccc3[nH]c2=O)c1. The van der Waals surface area contributed by atoms with Gasteiger partial charge >= 0.3 is 5.97 Å². The molecular weight excluding hydrogens is 370 g/mol. The van der Waals surface area contributed by atoms with E-state index in [1.54, 1.807) is 6.92 Å². The molecule has 0 amide bonds. The van der Waals surface area contributed by atoms with Crippen LogP contribution in [0.15, 0.2) is 57.8 Å².